The van der Waals surface area contributed by atoms with Crippen LogP contribution in [0.15, 0.2) is 48.5 Å². The van der Waals surface area contributed by atoms with E-state index in [1.54, 1.807) is 24.3 Å². The fraction of sp³-hybridized carbons (Fsp3) is 0.0833. The molecule has 4 nitrogen and oxygen atoms in total. The van der Waals surface area contributed by atoms with Crippen LogP contribution in [0.3, 0.4) is 0 Å². The second kappa shape index (κ2) is 4.74. The van der Waals surface area contributed by atoms with Crippen LogP contribution in [0.5, 0.6) is 11.6 Å². The molecule has 0 unspecified atom stereocenters. The summed E-state index contributed by atoms with van der Waals surface area (Å²) in [7, 11) is 0. The molecular formula is C12H11NO3. The quantitative estimate of drug-likeness (QED) is 0.770. The number of pyridine rings is 1. The molecule has 0 fully saturated rings. The summed E-state index contributed by atoms with van der Waals surface area (Å²) in [6.45, 7) is 0. The van der Waals surface area contributed by atoms with Gasteiger partial charge in [0, 0.05) is 6.07 Å². The molecule has 0 saturated carbocycles. The predicted octanol–water partition coefficient (Wildman–Crippen LogP) is 1.86. The van der Waals surface area contributed by atoms with Crippen molar-refractivity contribution in [3.63, 3.8) is 0 Å². The van der Waals surface area contributed by atoms with Crippen molar-refractivity contribution in [2.24, 2.45) is 0 Å². The minimum Gasteiger partial charge on any atom is -0.439 e. The number of para-hydroxylation sites is 1. The maximum Gasteiger partial charge on any atom is 0.219 e. The fourth-order valence-electron chi connectivity index (χ4n) is 1.24. The fourth-order valence-corrected chi connectivity index (χ4v) is 1.24. The molecule has 1 aromatic heterocycles. The maximum atomic E-state index is 8.95. The van der Waals surface area contributed by atoms with Gasteiger partial charge in [0.15, 0.2) is 6.29 Å². The molecule has 0 saturated heterocycles. The van der Waals surface area contributed by atoms with Crippen molar-refractivity contribution in [2.45, 2.75) is 6.29 Å². The van der Waals surface area contributed by atoms with Gasteiger partial charge in [-0.1, -0.05) is 24.3 Å². The molecule has 2 aromatic rings. The second-order valence-corrected chi connectivity index (χ2v) is 3.19. The lowest BCUT2D eigenvalue weighted by atomic mass is 10.3. The lowest BCUT2D eigenvalue weighted by Crippen LogP contribution is -1.99. The molecule has 82 valence electrons. The van der Waals surface area contributed by atoms with Crippen molar-refractivity contribution in [2.75, 3.05) is 0 Å². The van der Waals surface area contributed by atoms with Gasteiger partial charge in [0.1, 0.15) is 5.75 Å². The van der Waals surface area contributed by atoms with Gasteiger partial charge in [0.25, 0.3) is 0 Å². The monoisotopic (exact) mass is 217 g/mol. The molecule has 1 aromatic carbocycles. The molecule has 4 heteroatoms. The van der Waals surface area contributed by atoms with E-state index >= 15 is 0 Å². The molecule has 0 radical (unpaired) electrons. The lowest BCUT2D eigenvalue weighted by Gasteiger charge is -2.07. The van der Waals surface area contributed by atoms with Gasteiger partial charge in [-0.3, -0.25) is 0 Å². The summed E-state index contributed by atoms with van der Waals surface area (Å²) in [5.41, 5.74) is 0.161. The van der Waals surface area contributed by atoms with Crippen molar-refractivity contribution >= 4 is 0 Å². The standard InChI is InChI=1S/C12H11NO3/c14-12(15)10-7-4-8-11(13-10)16-9-5-2-1-3-6-9/h1-8,12,14-15H. The van der Waals surface area contributed by atoms with E-state index < -0.39 is 6.29 Å². The van der Waals surface area contributed by atoms with Crippen LogP contribution in [0.25, 0.3) is 0 Å². The predicted molar refractivity (Wildman–Crippen MR) is 57.9 cm³/mol. The third kappa shape index (κ3) is 2.56. The van der Waals surface area contributed by atoms with Crippen molar-refractivity contribution in [3.8, 4) is 11.6 Å². The molecule has 2 N–H and O–H groups in total. The highest BCUT2D eigenvalue weighted by Crippen LogP contribution is 2.19. The Balaban J connectivity index is 2.19. The van der Waals surface area contributed by atoms with Crippen molar-refractivity contribution < 1.29 is 14.9 Å². The molecule has 1 heterocycles. The second-order valence-electron chi connectivity index (χ2n) is 3.19. The maximum absolute atomic E-state index is 8.95. The van der Waals surface area contributed by atoms with E-state index in [9.17, 15) is 0 Å². The Bertz CT molecular complexity index is 457. The molecule has 0 aliphatic rings. The topological polar surface area (TPSA) is 62.6 Å². The number of aromatic nitrogens is 1. The first kappa shape index (κ1) is 10.6. The zero-order chi connectivity index (χ0) is 11.4. The molecule has 0 spiro atoms. The summed E-state index contributed by atoms with van der Waals surface area (Å²) >= 11 is 0. The van der Waals surface area contributed by atoms with E-state index in [0.717, 1.165) is 0 Å². The molecule has 0 aliphatic carbocycles. The van der Waals surface area contributed by atoms with E-state index in [1.165, 1.54) is 6.07 Å². The number of aliphatic hydroxyl groups is 2. The largest absolute Gasteiger partial charge is 0.439 e. The van der Waals surface area contributed by atoms with E-state index in [1.807, 2.05) is 18.2 Å². The van der Waals surface area contributed by atoms with Gasteiger partial charge in [-0.05, 0) is 18.2 Å². The highest BCUT2D eigenvalue weighted by atomic mass is 16.5. The minimum atomic E-state index is -1.58. The van der Waals surface area contributed by atoms with Crippen LogP contribution in [0.1, 0.15) is 12.0 Å². The number of aliphatic hydroxyl groups excluding tert-OH is 1. The van der Waals surface area contributed by atoms with Gasteiger partial charge >= 0.3 is 0 Å². The van der Waals surface area contributed by atoms with Gasteiger partial charge in [0.2, 0.25) is 5.88 Å². The van der Waals surface area contributed by atoms with E-state index in [4.69, 9.17) is 14.9 Å². The Morgan fingerprint density at radius 2 is 1.69 bits per heavy atom. The van der Waals surface area contributed by atoms with Crippen LogP contribution >= 0.6 is 0 Å². The average Bonchev–Trinajstić information content (AvgIpc) is 2.30. The van der Waals surface area contributed by atoms with Gasteiger partial charge in [-0.25, -0.2) is 4.98 Å². The Hall–Kier alpha value is -1.91. The third-order valence-electron chi connectivity index (χ3n) is 1.98. The molecule has 16 heavy (non-hydrogen) atoms. The zero-order valence-electron chi connectivity index (χ0n) is 8.45. The number of hydrogen-bond acceptors (Lipinski definition) is 4. The van der Waals surface area contributed by atoms with Crippen LogP contribution < -0.4 is 4.74 Å². The van der Waals surface area contributed by atoms with Crippen LogP contribution in [-0.2, 0) is 0 Å². The number of hydrogen-bond donors (Lipinski definition) is 2. The summed E-state index contributed by atoms with van der Waals surface area (Å²) in [6.07, 6.45) is -1.58. The molecule has 0 amide bonds. The Morgan fingerprint density at radius 3 is 2.38 bits per heavy atom. The van der Waals surface area contributed by atoms with Gasteiger partial charge < -0.3 is 14.9 Å². The first-order valence-corrected chi connectivity index (χ1v) is 4.82. The van der Waals surface area contributed by atoms with Gasteiger partial charge in [0.05, 0.1) is 5.69 Å². The smallest absolute Gasteiger partial charge is 0.219 e. The lowest BCUT2D eigenvalue weighted by molar-refractivity contribution is -0.0460. The summed E-state index contributed by atoms with van der Waals surface area (Å²) in [4.78, 5) is 3.95. The molecular weight excluding hydrogens is 206 g/mol. The summed E-state index contributed by atoms with van der Waals surface area (Å²) in [5.74, 6) is 0.983. The third-order valence-corrected chi connectivity index (χ3v) is 1.98. The van der Waals surface area contributed by atoms with Gasteiger partial charge in [-0.15, -0.1) is 0 Å². The summed E-state index contributed by atoms with van der Waals surface area (Å²) in [6, 6.07) is 14.0. The number of ether oxygens (including phenoxy) is 1. The van der Waals surface area contributed by atoms with E-state index in [-0.39, 0.29) is 5.69 Å². The number of rotatable bonds is 3. The first-order valence-electron chi connectivity index (χ1n) is 4.82. The summed E-state index contributed by atoms with van der Waals surface area (Å²) in [5, 5.41) is 17.9. The molecule has 0 atom stereocenters. The van der Waals surface area contributed by atoms with Crippen LogP contribution in [0.4, 0.5) is 0 Å². The van der Waals surface area contributed by atoms with Crippen molar-refractivity contribution in [3.05, 3.63) is 54.2 Å². The van der Waals surface area contributed by atoms with Crippen molar-refractivity contribution in [1.82, 2.24) is 4.98 Å². The minimum absolute atomic E-state index is 0.161. The zero-order valence-corrected chi connectivity index (χ0v) is 8.45. The van der Waals surface area contributed by atoms with Crippen molar-refractivity contribution in [1.29, 1.82) is 0 Å². The Morgan fingerprint density at radius 1 is 0.938 bits per heavy atom. The van der Waals surface area contributed by atoms with Crippen LogP contribution in [-0.4, -0.2) is 15.2 Å². The van der Waals surface area contributed by atoms with Gasteiger partial charge in [-0.2, -0.15) is 0 Å². The van der Waals surface area contributed by atoms with E-state index in [2.05, 4.69) is 4.98 Å². The highest BCUT2D eigenvalue weighted by molar-refractivity contribution is 5.27. The SMILES string of the molecule is OC(O)c1cccc(Oc2ccccc2)n1. The highest BCUT2D eigenvalue weighted by Gasteiger charge is 2.05. The molecule has 2 rings (SSSR count). The number of benzene rings is 1. The normalized spacial score (nSPS) is 10.4. The summed E-state index contributed by atoms with van der Waals surface area (Å²) < 4.78 is 5.44. The van der Waals surface area contributed by atoms with Crippen LogP contribution in [0, 0.1) is 0 Å². The Labute approximate surface area is 92.8 Å². The van der Waals surface area contributed by atoms with E-state index in [0.29, 0.717) is 11.6 Å². The number of nitrogens with zero attached hydrogens (tertiary/aromatic N) is 1. The average molecular weight is 217 g/mol. The molecule has 0 aliphatic heterocycles. The Kier molecular flexibility index (Phi) is 3.14. The first-order chi connectivity index (χ1) is 7.75. The van der Waals surface area contributed by atoms with Crippen LogP contribution in [0.2, 0.25) is 0 Å². The molecule has 0 bridgehead atoms.